The summed E-state index contributed by atoms with van der Waals surface area (Å²) in [4.78, 5) is 14.1. The summed E-state index contributed by atoms with van der Waals surface area (Å²) in [7, 11) is 1.90. The molecule has 18 heavy (non-hydrogen) atoms. The quantitative estimate of drug-likeness (QED) is 0.877. The van der Waals surface area contributed by atoms with Gasteiger partial charge >= 0.3 is 0 Å². The topological polar surface area (TPSA) is 64.2 Å². The van der Waals surface area contributed by atoms with Crippen LogP contribution in [0.2, 0.25) is 0 Å². The zero-order chi connectivity index (χ0) is 13.1. The molecule has 1 aliphatic rings. The molecule has 1 fully saturated rings. The van der Waals surface area contributed by atoms with Crippen molar-refractivity contribution < 1.29 is 4.79 Å². The first-order valence-corrected chi connectivity index (χ1v) is 6.68. The Labute approximate surface area is 108 Å². The number of aromatic nitrogens is 2. The Hall–Kier alpha value is -1.36. The smallest absolute Gasteiger partial charge is 0.223 e. The third-order valence-electron chi connectivity index (χ3n) is 3.62. The van der Waals surface area contributed by atoms with Crippen LogP contribution in [0, 0.1) is 0 Å². The van der Waals surface area contributed by atoms with Crippen LogP contribution in [0.4, 0.5) is 0 Å². The molecular weight excluding hydrogens is 228 g/mol. The molecule has 1 amide bonds. The summed E-state index contributed by atoms with van der Waals surface area (Å²) in [6.07, 6.45) is 5.10. The second-order valence-corrected chi connectivity index (χ2v) is 4.97. The van der Waals surface area contributed by atoms with Gasteiger partial charge in [0.25, 0.3) is 0 Å². The van der Waals surface area contributed by atoms with Gasteiger partial charge in [0.15, 0.2) is 0 Å². The molecule has 0 spiro atoms. The maximum Gasteiger partial charge on any atom is 0.223 e. The van der Waals surface area contributed by atoms with E-state index in [2.05, 4.69) is 12.0 Å². The molecule has 1 aliphatic heterocycles. The summed E-state index contributed by atoms with van der Waals surface area (Å²) in [6.45, 7) is 2.85. The minimum absolute atomic E-state index is 0.00148. The first kappa shape index (κ1) is 13.1. The fourth-order valence-electron chi connectivity index (χ4n) is 2.73. The molecule has 0 radical (unpaired) electrons. The van der Waals surface area contributed by atoms with Crippen LogP contribution in [0.15, 0.2) is 12.3 Å². The van der Waals surface area contributed by atoms with Gasteiger partial charge in [-0.1, -0.05) is 6.92 Å². The number of amides is 1. The van der Waals surface area contributed by atoms with E-state index >= 15 is 0 Å². The van der Waals surface area contributed by atoms with E-state index in [0.29, 0.717) is 6.42 Å². The summed E-state index contributed by atoms with van der Waals surface area (Å²) in [5.74, 6) is 0.219. The maximum atomic E-state index is 12.2. The molecule has 2 atom stereocenters. The van der Waals surface area contributed by atoms with Crippen molar-refractivity contribution in [3.8, 4) is 0 Å². The molecule has 0 bridgehead atoms. The van der Waals surface area contributed by atoms with E-state index in [1.165, 1.54) is 0 Å². The highest BCUT2D eigenvalue weighted by atomic mass is 16.2. The summed E-state index contributed by atoms with van der Waals surface area (Å²) >= 11 is 0. The van der Waals surface area contributed by atoms with Crippen LogP contribution in [0.5, 0.6) is 0 Å². The lowest BCUT2D eigenvalue weighted by atomic mass is 10.0. The van der Waals surface area contributed by atoms with E-state index in [9.17, 15) is 4.79 Å². The highest BCUT2D eigenvalue weighted by Gasteiger charge is 2.33. The van der Waals surface area contributed by atoms with Crippen LogP contribution < -0.4 is 5.73 Å². The van der Waals surface area contributed by atoms with Gasteiger partial charge in [0.2, 0.25) is 5.91 Å². The van der Waals surface area contributed by atoms with Gasteiger partial charge in [-0.2, -0.15) is 5.10 Å². The molecule has 1 saturated heterocycles. The molecule has 1 aromatic rings. The molecule has 1 aromatic heterocycles. The highest BCUT2D eigenvalue weighted by molar-refractivity contribution is 5.77. The Balaban J connectivity index is 2.36. The normalized spacial score (nSPS) is 25.3. The van der Waals surface area contributed by atoms with Crippen molar-refractivity contribution in [1.29, 1.82) is 0 Å². The van der Waals surface area contributed by atoms with Crippen LogP contribution in [0.25, 0.3) is 0 Å². The monoisotopic (exact) mass is 250 g/mol. The number of carbonyl (C=O) groups excluding carboxylic acids is 1. The third-order valence-corrected chi connectivity index (χ3v) is 3.62. The second-order valence-electron chi connectivity index (χ2n) is 4.97. The Morgan fingerprint density at radius 3 is 2.94 bits per heavy atom. The average Bonchev–Trinajstić information content (AvgIpc) is 2.69. The van der Waals surface area contributed by atoms with Crippen LogP contribution in [0.1, 0.15) is 44.3 Å². The number of nitrogens with two attached hydrogens (primary N) is 1. The number of hydrogen-bond acceptors (Lipinski definition) is 3. The molecule has 5 heteroatoms. The first-order valence-electron chi connectivity index (χ1n) is 6.68. The van der Waals surface area contributed by atoms with Crippen molar-refractivity contribution in [3.63, 3.8) is 0 Å². The van der Waals surface area contributed by atoms with Crippen LogP contribution >= 0.6 is 0 Å². The van der Waals surface area contributed by atoms with Gasteiger partial charge in [-0.05, 0) is 25.3 Å². The van der Waals surface area contributed by atoms with Gasteiger partial charge in [0.05, 0.1) is 11.7 Å². The third kappa shape index (κ3) is 2.41. The van der Waals surface area contributed by atoms with Crippen molar-refractivity contribution >= 4 is 5.91 Å². The van der Waals surface area contributed by atoms with E-state index in [4.69, 9.17) is 5.73 Å². The maximum absolute atomic E-state index is 12.2. The van der Waals surface area contributed by atoms with Crippen molar-refractivity contribution in [1.82, 2.24) is 14.7 Å². The number of carbonyl (C=O) groups is 1. The lowest BCUT2D eigenvalue weighted by molar-refractivity contribution is -0.133. The molecule has 0 aliphatic carbocycles. The van der Waals surface area contributed by atoms with E-state index in [1.807, 2.05) is 22.7 Å². The Bertz CT molecular complexity index is 415. The van der Waals surface area contributed by atoms with E-state index < -0.39 is 0 Å². The molecule has 2 N–H and O–H groups in total. The lowest BCUT2D eigenvalue weighted by Gasteiger charge is -2.33. The van der Waals surface area contributed by atoms with Crippen molar-refractivity contribution in [2.24, 2.45) is 12.8 Å². The SMILES string of the molecule is CCCN1C(=O)CCCC(N)C1c1ccnn1C. The van der Waals surface area contributed by atoms with Crippen LogP contribution in [-0.4, -0.2) is 33.2 Å². The summed E-state index contributed by atoms with van der Waals surface area (Å²) in [5, 5.41) is 4.20. The van der Waals surface area contributed by atoms with E-state index in [1.54, 1.807) is 6.20 Å². The van der Waals surface area contributed by atoms with Crippen LogP contribution in [0.3, 0.4) is 0 Å². The number of aryl methyl sites for hydroxylation is 1. The standard InChI is InChI=1S/C13H22N4O/c1-3-9-17-12(18)6-4-5-10(14)13(17)11-7-8-15-16(11)2/h7-8,10,13H,3-6,9,14H2,1-2H3. The van der Waals surface area contributed by atoms with E-state index in [0.717, 1.165) is 31.5 Å². The highest BCUT2D eigenvalue weighted by Crippen LogP contribution is 2.29. The number of hydrogen-bond donors (Lipinski definition) is 1. The molecule has 2 heterocycles. The average molecular weight is 250 g/mol. The van der Waals surface area contributed by atoms with Gasteiger partial charge in [-0.3, -0.25) is 9.48 Å². The minimum Gasteiger partial charge on any atom is -0.333 e. The zero-order valence-electron chi connectivity index (χ0n) is 11.2. The summed E-state index contributed by atoms with van der Waals surface area (Å²) in [5.41, 5.74) is 7.32. The fourth-order valence-corrected chi connectivity index (χ4v) is 2.73. The predicted molar refractivity (Wildman–Crippen MR) is 69.8 cm³/mol. The zero-order valence-corrected chi connectivity index (χ0v) is 11.2. The predicted octanol–water partition coefficient (Wildman–Crippen LogP) is 1.21. The van der Waals surface area contributed by atoms with Gasteiger partial charge in [-0.25, -0.2) is 0 Å². The lowest BCUT2D eigenvalue weighted by Crippen LogP contribution is -2.43. The Morgan fingerprint density at radius 1 is 1.56 bits per heavy atom. The molecule has 2 unspecified atom stereocenters. The fraction of sp³-hybridized carbons (Fsp3) is 0.692. The largest absolute Gasteiger partial charge is 0.333 e. The van der Waals surface area contributed by atoms with Crippen molar-refractivity contribution in [2.45, 2.75) is 44.7 Å². The summed E-state index contributed by atoms with van der Waals surface area (Å²) < 4.78 is 1.83. The number of rotatable bonds is 3. The molecule has 5 nitrogen and oxygen atoms in total. The van der Waals surface area contributed by atoms with Gasteiger partial charge in [0.1, 0.15) is 0 Å². The summed E-state index contributed by atoms with van der Waals surface area (Å²) in [6, 6.07) is 1.93. The minimum atomic E-state index is -0.0348. The second kappa shape index (κ2) is 5.52. The first-order chi connectivity index (χ1) is 8.65. The Kier molecular flexibility index (Phi) is 4.01. The molecule has 100 valence electrons. The van der Waals surface area contributed by atoms with Crippen molar-refractivity contribution in [2.75, 3.05) is 6.54 Å². The van der Waals surface area contributed by atoms with E-state index in [-0.39, 0.29) is 18.0 Å². The van der Waals surface area contributed by atoms with Gasteiger partial charge < -0.3 is 10.6 Å². The Morgan fingerprint density at radius 2 is 2.33 bits per heavy atom. The number of likely N-dealkylation sites (tertiary alicyclic amines) is 1. The van der Waals surface area contributed by atoms with Crippen molar-refractivity contribution in [3.05, 3.63) is 18.0 Å². The molecule has 0 saturated carbocycles. The van der Waals surface area contributed by atoms with Gasteiger partial charge in [0, 0.05) is 32.3 Å². The van der Waals surface area contributed by atoms with Crippen LogP contribution in [-0.2, 0) is 11.8 Å². The molecule has 0 aromatic carbocycles. The molecule has 2 rings (SSSR count). The number of nitrogens with zero attached hydrogens (tertiary/aromatic N) is 3. The molecular formula is C13H22N4O. The van der Waals surface area contributed by atoms with Gasteiger partial charge in [-0.15, -0.1) is 0 Å².